The molecule has 0 aliphatic carbocycles. The number of anilines is 1. The predicted octanol–water partition coefficient (Wildman–Crippen LogP) is 2.20. The van der Waals surface area contributed by atoms with Gasteiger partial charge in [-0.25, -0.2) is 19.0 Å². The van der Waals surface area contributed by atoms with Crippen LogP contribution in [0.15, 0.2) is 30.6 Å². The Kier molecular flexibility index (Phi) is 8.53. The predicted molar refractivity (Wildman–Crippen MR) is 129 cm³/mol. The van der Waals surface area contributed by atoms with E-state index in [0.29, 0.717) is 0 Å². The fourth-order valence-corrected chi connectivity index (χ4v) is 4.31. The van der Waals surface area contributed by atoms with Gasteiger partial charge in [0.1, 0.15) is 23.5 Å². The molecular formula is C23H22ClF4N5O8. The van der Waals surface area contributed by atoms with E-state index in [2.05, 4.69) is 19.7 Å². The number of carboxylic acids is 1. The highest BCUT2D eigenvalue weighted by Crippen LogP contribution is 2.36. The van der Waals surface area contributed by atoms with Crippen molar-refractivity contribution >= 4 is 40.5 Å². The molecule has 13 nitrogen and oxygen atoms in total. The number of hydrogen-bond acceptors (Lipinski definition) is 11. The Balaban J connectivity index is 1.57. The van der Waals surface area contributed by atoms with Crippen LogP contribution in [-0.2, 0) is 30.2 Å². The maximum absolute atomic E-state index is 15.2. The zero-order valence-electron chi connectivity index (χ0n) is 20.9. The molecule has 18 heteroatoms. The number of esters is 1. The average molecular weight is 608 g/mol. The van der Waals surface area contributed by atoms with Crippen LogP contribution in [0.25, 0.3) is 11.2 Å². The summed E-state index contributed by atoms with van der Waals surface area (Å²) in [5.74, 6) is -3.82. The first-order chi connectivity index (χ1) is 19.3. The van der Waals surface area contributed by atoms with Crippen molar-refractivity contribution in [1.29, 1.82) is 0 Å². The fraction of sp³-hybridized carbons (Fsp3) is 0.435. The van der Waals surface area contributed by atoms with E-state index in [4.69, 9.17) is 31.5 Å². The first-order valence-corrected chi connectivity index (χ1v) is 12.2. The molecule has 4 N–H and O–H groups in total. The summed E-state index contributed by atoms with van der Waals surface area (Å²) in [6.07, 6.45) is -11.5. The number of nitrogen functional groups attached to an aromatic ring is 1. The molecule has 1 aliphatic heterocycles. The zero-order chi connectivity index (χ0) is 30.1. The molecule has 1 saturated heterocycles. The number of nitrogens with zero attached hydrogens (tertiary/aromatic N) is 4. The number of carbonyl (C=O) groups is 2. The average Bonchev–Trinajstić information content (AvgIpc) is 3.42. The molecule has 1 aliphatic rings. The van der Waals surface area contributed by atoms with Crippen molar-refractivity contribution in [3.05, 3.63) is 41.4 Å². The summed E-state index contributed by atoms with van der Waals surface area (Å²) in [6, 6.07) is 4.03. The second-order valence-corrected chi connectivity index (χ2v) is 9.07. The van der Waals surface area contributed by atoms with Crippen molar-refractivity contribution < 1.29 is 56.3 Å². The van der Waals surface area contributed by atoms with Crippen LogP contribution in [0.4, 0.5) is 23.4 Å². The first-order valence-electron chi connectivity index (χ1n) is 11.8. The lowest BCUT2D eigenvalue weighted by Gasteiger charge is -2.29. The Morgan fingerprint density at radius 1 is 1.22 bits per heavy atom. The number of nitrogens with two attached hydrogens (primary N) is 1. The highest BCUT2D eigenvalue weighted by molar-refractivity contribution is 6.28. The van der Waals surface area contributed by atoms with E-state index < -0.39 is 67.3 Å². The minimum atomic E-state index is -4.95. The van der Waals surface area contributed by atoms with E-state index in [-0.39, 0.29) is 34.4 Å². The number of halogens is 5. The number of aromatic nitrogens is 4. The van der Waals surface area contributed by atoms with Crippen molar-refractivity contribution in [1.82, 2.24) is 19.5 Å². The van der Waals surface area contributed by atoms with Crippen LogP contribution in [0.5, 0.6) is 5.75 Å². The molecule has 0 bridgehead atoms. The summed E-state index contributed by atoms with van der Waals surface area (Å²) < 4.78 is 73.5. The molecule has 222 valence electrons. The number of aliphatic hydroxyl groups excluding tert-OH is 1. The number of hydrogen-bond donors (Lipinski definition) is 3. The molecule has 5 atom stereocenters. The van der Waals surface area contributed by atoms with E-state index in [9.17, 15) is 33.0 Å². The number of imidazole rings is 1. The molecule has 4 rings (SSSR count). The molecular weight excluding hydrogens is 586 g/mol. The van der Waals surface area contributed by atoms with Gasteiger partial charge in [0, 0.05) is 6.42 Å². The number of aliphatic carboxylic acids is 1. The van der Waals surface area contributed by atoms with Crippen molar-refractivity contribution in [2.24, 2.45) is 0 Å². The summed E-state index contributed by atoms with van der Waals surface area (Å²) in [7, 11) is 0. The normalized spacial score (nSPS) is 22.4. The van der Waals surface area contributed by atoms with Gasteiger partial charge < -0.3 is 34.9 Å². The monoisotopic (exact) mass is 607 g/mol. The van der Waals surface area contributed by atoms with Crippen molar-refractivity contribution in [2.45, 2.75) is 49.9 Å². The fourth-order valence-electron chi connectivity index (χ4n) is 4.14. The first kappa shape index (κ1) is 30.2. The van der Waals surface area contributed by atoms with Crippen LogP contribution in [0, 0.1) is 0 Å². The third-order valence-corrected chi connectivity index (χ3v) is 6.21. The molecule has 1 unspecified atom stereocenters. The second-order valence-electron chi connectivity index (χ2n) is 8.73. The van der Waals surface area contributed by atoms with E-state index in [1.807, 2.05) is 0 Å². The van der Waals surface area contributed by atoms with Gasteiger partial charge in [-0.05, 0) is 36.2 Å². The Morgan fingerprint density at radius 3 is 2.51 bits per heavy atom. The number of aliphatic hydroxyl groups is 1. The summed E-state index contributed by atoms with van der Waals surface area (Å²) in [5, 5.41) is 20.3. The minimum absolute atomic E-state index is 0.00623. The highest BCUT2D eigenvalue weighted by Gasteiger charge is 2.52. The smallest absolute Gasteiger partial charge is 0.479 e. The molecule has 3 aromatic rings. The Bertz CT molecular complexity index is 1430. The summed E-state index contributed by atoms with van der Waals surface area (Å²) in [6.45, 7) is 0.352. The summed E-state index contributed by atoms with van der Waals surface area (Å²) in [5.41, 5.74) is 3.15. The Morgan fingerprint density at radius 2 is 1.90 bits per heavy atom. The summed E-state index contributed by atoms with van der Waals surface area (Å²) >= 11 is 5.84. The van der Waals surface area contributed by atoms with Crippen LogP contribution in [-0.4, -0.2) is 85.2 Å². The molecule has 0 spiro atoms. The second kappa shape index (κ2) is 11.6. The van der Waals surface area contributed by atoms with E-state index in [0.717, 1.165) is 35.2 Å². The molecule has 2 aromatic heterocycles. The van der Waals surface area contributed by atoms with Gasteiger partial charge >= 0.3 is 18.3 Å². The number of benzene rings is 1. The largest absolute Gasteiger partial charge is 0.573 e. The van der Waals surface area contributed by atoms with Crippen LogP contribution in [0.2, 0.25) is 5.28 Å². The maximum atomic E-state index is 15.2. The van der Waals surface area contributed by atoms with Gasteiger partial charge in [-0.3, -0.25) is 4.57 Å². The van der Waals surface area contributed by atoms with Gasteiger partial charge in [-0.15, -0.1) is 13.2 Å². The Hall–Kier alpha value is -3.80. The standard InChI is InChI=1S/C23H22ClF4N5O8/c1-2-38-20(37)22(19(35)36,7-10-3-5-11(6-4-10)41-23(26,27)28)39-8-12-15(34)13(25)18(40-12)33-9-30-14-16(29)31-21(24)32-17(14)33/h3-6,9,12-13,15,18,34H,2,7-8H2,1H3,(H,35,36)(H2,29,31,32)/t12-,13+,15-,18-,22?/m1/s1. The Labute approximate surface area is 232 Å². The number of carboxylic acid groups (broad SMARTS) is 1. The molecule has 1 aromatic carbocycles. The molecule has 1 fully saturated rings. The molecule has 3 heterocycles. The van der Waals surface area contributed by atoms with Crippen LogP contribution in [0.3, 0.4) is 0 Å². The third-order valence-electron chi connectivity index (χ3n) is 6.04. The number of rotatable bonds is 10. The lowest BCUT2D eigenvalue weighted by atomic mass is 9.94. The highest BCUT2D eigenvalue weighted by atomic mass is 35.5. The van der Waals surface area contributed by atoms with Crippen LogP contribution < -0.4 is 10.5 Å². The number of alkyl halides is 4. The maximum Gasteiger partial charge on any atom is 0.573 e. The van der Waals surface area contributed by atoms with Crippen molar-refractivity contribution in [3.63, 3.8) is 0 Å². The lowest BCUT2D eigenvalue weighted by Crippen LogP contribution is -2.53. The number of fused-ring (bicyclic) bond motifs is 1. The summed E-state index contributed by atoms with van der Waals surface area (Å²) in [4.78, 5) is 36.9. The number of ether oxygens (including phenoxy) is 4. The van der Waals surface area contributed by atoms with E-state index in [1.165, 1.54) is 6.92 Å². The van der Waals surface area contributed by atoms with E-state index >= 15 is 4.39 Å². The lowest BCUT2D eigenvalue weighted by molar-refractivity contribution is -0.274. The van der Waals surface area contributed by atoms with Gasteiger partial charge in [0.15, 0.2) is 23.9 Å². The molecule has 0 amide bonds. The van der Waals surface area contributed by atoms with Crippen LogP contribution in [0.1, 0.15) is 18.7 Å². The minimum Gasteiger partial charge on any atom is -0.479 e. The molecule has 0 saturated carbocycles. The topological polar surface area (TPSA) is 181 Å². The quantitative estimate of drug-likeness (QED) is 0.132. The molecule has 0 radical (unpaired) electrons. The number of carbonyl (C=O) groups excluding carboxylic acids is 1. The van der Waals surface area contributed by atoms with Gasteiger partial charge in [-0.2, -0.15) is 9.97 Å². The third kappa shape index (κ3) is 6.27. The van der Waals surface area contributed by atoms with Gasteiger partial charge in [0.25, 0.3) is 5.60 Å². The van der Waals surface area contributed by atoms with E-state index in [1.54, 1.807) is 0 Å². The van der Waals surface area contributed by atoms with Gasteiger partial charge in [0.2, 0.25) is 5.28 Å². The zero-order valence-corrected chi connectivity index (χ0v) is 21.7. The molecule has 41 heavy (non-hydrogen) atoms. The van der Waals surface area contributed by atoms with Crippen molar-refractivity contribution in [3.8, 4) is 5.75 Å². The van der Waals surface area contributed by atoms with Crippen LogP contribution >= 0.6 is 11.6 Å². The SMILES string of the molecule is CCOC(=O)C(Cc1ccc(OC(F)(F)F)cc1)(OC[C@H]1O[C@@H](n2cnc3c(N)nc(Cl)nc32)[C@@H](F)[C@@H]1O)C(=O)O. The van der Waals surface area contributed by atoms with Crippen molar-refractivity contribution in [2.75, 3.05) is 18.9 Å². The van der Waals surface area contributed by atoms with Gasteiger partial charge in [0.05, 0.1) is 19.5 Å². The van der Waals surface area contributed by atoms with Gasteiger partial charge in [-0.1, -0.05) is 12.1 Å².